The van der Waals surface area contributed by atoms with Crippen LogP contribution in [0.2, 0.25) is 0 Å². The standard InChI is InChI=1S/C16H30N2O9.C2H4O/c1-6-11(18-7(2)21)13(23)15(9(5-20)25-6)27-16-10(17)12(22)14(24-3)8(4-19)26-16;1-2-3/h6,8-16,19-20,22-23H,4-5,17H2,1-3H3,(H,18,21);2H,1H3/t6-,8?,9?,10+,11+,12?,13?,14-,15+,16+;/m0./s1. The number of carbonyl (C=O) groups is 2. The van der Waals surface area contributed by atoms with Crippen molar-refractivity contribution in [3.8, 4) is 0 Å². The minimum absolute atomic E-state index is 0.361. The number of aliphatic hydroxyl groups excluding tert-OH is 4. The molecule has 0 bridgehead atoms. The molecule has 0 aromatic heterocycles. The Morgan fingerprint density at radius 1 is 1.13 bits per heavy atom. The zero-order valence-corrected chi connectivity index (χ0v) is 17.6. The molecule has 0 aromatic rings. The SMILES string of the molecule is CC=O.CO[C@H]1C(CO)O[C@H](O[C@@H]2C(CO)O[C@@H](C)[C@@H](NC(C)=O)C2O)[C@H](N)C1O. The summed E-state index contributed by atoms with van der Waals surface area (Å²) >= 11 is 0. The van der Waals surface area contributed by atoms with Crippen molar-refractivity contribution in [3.63, 3.8) is 0 Å². The number of hydrogen-bond donors (Lipinski definition) is 6. The van der Waals surface area contributed by atoms with Gasteiger partial charge < -0.3 is 55.2 Å². The molecule has 2 rings (SSSR count). The largest absolute Gasteiger partial charge is 0.394 e. The molecule has 0 aliphatic carbocycles. The third-order valence-electron chi connectivity index (χ3n) is 4.98. The van der Waals surface area contributed by atoms with Gasteiger partial charge in [0.25, 0.3) is 0 Å². The van der Waals surface area contributed by atoms with Crippen LogP contribution in [0.25, 0.3) is 0 Å². The van der Waals surface area contributed by atoms with Gasteiger partial charge in [-0.15, -0.1) is 0 Å². The summed E-state index contributed by atoms with van der Waals surface area (Å²) in [5.41, 5.74) is 5.98. The van der Waals surface area contributed by atoms with Crippen LogP contribution in [-0.2, 0) is 28.5 Å². The second-order valence-corrected chi connectivity index (χ2v) is 7.11. The Bertz CT molecular complexity index is 537. The Hall–Kier alpha value is -1.22. The molecule has 0 aromatic carbocycles. The summed E-state index contributed by atoms with van der Waals surface area (Å²) in [5, 5.41) is 42.7. The highest BCUT2D eigenvalue weighted by atomic mass is 16.7. The molecule has 2 heterocycles. The zero-order chi connectivity index (χ0) is 23.0. The lowest BCUT2D eigenvalue weighted by atomic mass is 9.92. The highest BCUT2D eigenvalue weighted by Crippen LogP contribution is 2.29. The van der Waals surface area contributed by atoms with Gasteiger partial charge in [0, 0.05) is 14.0 Å². The summed E-state index contributed by atoms with van der Waals surface area (Å²) in [6.45, 7) is 3.51. The van der Waals surface area contributed by atoms with Crippen molar-refractivity contribution in [3.05, 3.63) is 0 Å². The molecule has 0 spiro atoms. The van der Waals surface area contributed by atoms with Gasteiger partial charge in [-0.05, 0) is 13.8 Å². The predicted molar refractivity (Wildman–Crippen MR) is 102 cm³/mol. The van der Waals surface area contributed by atoms with Gasteiger partial charge in [-0.25, -0.2) is 0 Å². The minimum Gasteiger partial charge on any atom is -0.394 e. The van der Waals surface area contributed by atoms with Crippen molar-refractivity contribution in [2.24, 2.45) is 5.73 Å². The lowest BCUT2D eigenvalue weighted by Gasteiger charge is -2.47. The predicted octanol–water partition coefficient (Wildman–Crippen LogP) is -3.36. The molecule has 12 nitrogen and oxygen atoms in total. The molecule has 2 fully saturated rings. The van der Waals surface area contributed by atoms with Crippen LogP contribution in [0, 0.1) is 0 Å². The molecule has 10 atom stereocenters. The lowest BCUT2D eigenvalue weighted by molar-refractivity contribution is -0.313. The van der Waals surface area contributed by atoms with E-state index in [9.17, 15) is 25.2 Å². The fourth-order valence-electron chi connectivity index (χ4n) is 3.55. The summed E-state index contributed by atoms with van der Waals surface area (Å²) in [5.74, 6) is -0.361. The maximum Gasteiger partial charge on any atom is 0.217 e. The number of aldehydes is 1. The number of aliphatic hydroxyl groups is 4. The van der Waals surface area contributed by atoms with Crippen LogP contribution in [-0.4, -0.2) is 114 Å². The van der Waals surface area contributed by atoms with E-state index in [0.717, 1.165) is 6.29 Å². The highest BCUT2D eigenvalue weighted by molar-refractivity contribution is 5.73. The molecule has 7 N–H and O–H groups in total. The summed E-state index contributed by atoms with van der Waals surface area (Å²) in [6, 6.07) is -1.82. The number of rotatable bonds is 6. The average molecular weight is 438 g/mol. The second kappa shape index (κ2) is 12.6. The first-order chi connectivity index (χ1) is 14.2. The molecule has 1 amide bonds. The number of ether oxygens (including phenoxy) is 4. The van der Waals surface area contributed by atoms with E-state index < -0.39 is 74.3 Å². The Balaban J connectivity index is 0.00000141. The molecule has 2 aliphatic heterocycles. The van der Waals surface area contributed by atoms with E-state index in [1.165, 1.54) is 21.0 Å². The molecule has 0 radical (unpaired) electrons. The summed E-state index contributed by atoms with van der Waals surface area (Å²) < 4.78 is 22.1. The van der Waals surface area contributed by atoms with Crippen LogP contribution in [0.5, 0.6) is 0 Å². The fraction of sp³-hybridized carbons (Fsp3) is 0.889. The fourth-order valence-corrected chi connectivity index (χ4v) is 3.55. The quantitative estimate of drug-likeness (QED) is 0.227. The number of methoxy groups -OCH3 is 1. The smallest absolute Gasteiger partial charge is 0.217 e. The Morgan fingerprint density at radius 2 is 1.67 bits per heavy atom. The van der Waals surface area contributed by atoms with Crippen LogP contribution in [0.1, 0.15) is 20.8 Å². The average Bonchev–Trinajstić information content (AvgIpc) is 2.70. The van der Waals surface area contributed by atoms with Crippen molar-refractivity contribution in [2.45, 2.75) is 81.9 Å². The van der Waals surface area contributed by atoms with Gasteiger partial charge in [-0.2, -0.15) is 0 Å². The Kier molecular flexibility index (Phi) is 11.3. The maximum absolute atomic E-state index is 11.4. The molecule has 2 saturated heterocycles. The van der Waals surface area contributed by atoms with E-state index in [2.05, 4.69) is 5.32 Å². The van der Waals surface area contributed by atoms with Crippen LogP contribution >= 0.6 is 0 Å². The molecule has 12 heteroatoms. The third-order valence-corrected chi connectivity index (χ3v) is 4.98. The van der Waals surface area contributed by atoms with Crippen LogP contribution in [0.3, 0.4) is 0 Å². The summed E-state index contributed by atoms with van der Waals surface area (Å²) in [6.07, 6.45) is -7.18. The van der Waals surface area contributed by atoms with Gasteiger partial charge in [0.05, 0.1) is 31.4 Å². The highest BCUT2D eigenvalue weighted by Gasteiger charge is 2.49. The Morgan fingerprint density at radius 3 is 2.13 bits per heavy atom. The number of nitrogens with two attached hydrogens (primary N) is 1. The van der Waals surface area contributed by atoms with Crippen molar-refractivity contribution in [1.82, 2.24) is 5.32 Å². The summed E-state index contributed by atoms with van der Waals surface area (Å²) in [4.78, 5) is 20.2. The van der Waals surface area contributed by atoms with Crippen LogP contribution in [0.15, 0.2) is 0 Å². The first-order valence-corrected chi connectivity index (χ1v) is 9.66. The molecule has 30 heavy (non-hydrogen) atoms. The second-order valence-electron chi connectivity index (χ2n) is 7.11. The van der Waals surface area contributed by atoms with Crippen LogP contribution < -0.4 is 11.1 Å². The molecular weight excluding hydrogens is 404 g/mol. The lowest BCUT2D eigenvalue weighted by Crippen LogP contribution is -2.68. The van der Waals surface area contributed by atoms with Gasteiger partial charge in [-0.1, -0.05) is 0 Å². The van der Waals surface area contributed by atoms with Gasteiger partial charge in [-0.3, -0.25) is 4.79 Å². The first kappa shape index (κ1) is 26.8. The molecule has 0 saturated carbocycles. The van der Waals surface area contributed by atoms with E-state index in [1.807, 2.05) is 0 Å². The van der Waals surface area contributed by atoms with Gasteiger partial charge >= 0.3 is 0 Å². The van der Waals surface area contributed by atoms with Crippen molar-refractivity contribution < 1.29 is 49.0 Å². The van der Waals surface area contributed by atoms with E-state index in [-0.39, 0.29) is 5.91 Å². The normalized spacial score (nSPS) is 41.4. The molecule has 176 valence electrons. The van der Waals surface area contributed by atoms with E-state index >= 15 is 0 Å². The van der Waals surface area contributed by atoms with Crippen molar-refractivity contribution in [2.75, 3.05) is 20.3 Å². The van der Waals surface area contributed by atoms with Crippen molar-refractivity contribution >= 4 is 12.2 Å². The zero-order valence-electron chi connectivity index (χ0n) is 17.6. The Labute approximate surface area is 175 Å². The molecule has 2 aliphatic rings. The monoisotopic (exact) mass is 438 g/mol. The van der Waals surface area contributed by atoms with Gasteiger partial charge in [0.1, 0.15) is 42.9 Å². The minimum atomic E-state index is -1.23. The van der Waals surface area contributed by atoms with Crippen LogP contribution in [0.4, 0.5) is 0 Å². The van der Waals surface area contributed by atoms with Gasteiger partial charge in [0.2, 0.25) is 5.91 Å². The summed E-state index contributed by atoms with van der Waals surface area (Å²) in [7, 11) is 1.35. The van der Waals surface area contributed by atoms with E-state index in [4.69, 9.17) is 29.5 Å². The topological polar surface area (TPSA) is 190 Å². The molecule has 4 unspecified atom stereocenters. The first-order valence-electron chi connectivity index (χ1n) is 9.66. The van der Waals surface area contributed by atoms with E-state index in [1.54, 1.807) is 6.92 Å². The van der Waals surface area contributed by atoms with Crippen molar-refractivity contribution in [1.29, 1.82) is 0 Å². The number of carbonyl (C=O) groups excluding carboxylic acids is 2. The maximum atomic E-state index is 11.4. The molecular formula is C18H34N2O10. The van der Waals surface area contributed by atoms with E-state index in [0.29, 0.717) is 0 Å². The number of amides is 1. The number of nitrogens with one attached hydrogen (secondary N) is 1. The third kappa shape index (κ3) is 6.39. The van der Waals surface area contributed by atoms with Gasteiger partial charge in [0.15, 0.2) is 6.29 Å². The number of hydrogen-bond acceptors (Lipinski definition) is 11.